The van der Waals surface area contributed by atoms with Crippen LogP contribution in [0.15, 0.2) is 48.5 Å². The Morgan fingerprint density at radius 3 is 2.26 bits per heavy atom. The van der Waals surface area contributed by atoms with E-state index in [1.165, 1.54) is 5.56 Å². The fourth-order valence-corrected chi connectivity index (χ4v) is 2.30. The molecule has 1 atom stereocenters. The molecule has 0 bridgehead atoms. The predicted molar refractivity (Wildman–Crippen MR) is 80.9 cm³/mol. The maximum atomic E-state index is 9.91. The van der Waals surface area contributed by atoms with Crippen molar-refractivity contribution in [1.29, 1.82) is 0 Å². The topological polar surface area (TPSA) is 23.5 Å². The summed E-state index contributed by atoms with van der Waals surface area (Å²) in [6, 6.07) is 16.5. The highest BCUT2D eigenvalue weighted by molar-refractivity contribution is 5.67. The zero-order valence-electron chi connectivity index (χ0n) is 11.8. The molecule has 0 heterocycles. The van der Waals surface area contributed by atoms with Gasteiger partial charge in [-0.3, -0.25) is 0 Å². The van der Waals surface area contributed by atoms with Crippen molar-refractivity contribution in [1.82, 2.24) is 0 Å². The largest absolute Gasteiger partial charge is 0.389 e. The lowest BCUT2D eigenvalue weighted by atomic mass is 10.1. The van der Waals surface area contributed by atoms with Gasteiger partial charge >= 0.3 is 0 Å². The molecule has 19 heavy (non-hydrogen) atoms. The molecule has 2 aromatic rings. The van der Waals surface area contributed by atoms with Crippen molar-refractivity contribution in [2.24, 2.45) is 0 Å². The quantitative estimate of drug-likeness (QED) is 0.884. The van der Waals surface area contributed by atoms with Gasteiger partial charge in [-0.1, -0.05) is 35.9 Å². The first-order valence-corrected chi connectivity index (χ1v) is 6.74. The first-order chi connectivity index (χ1) is 9.13. The van der Waals surface area contributed by atoms with E-state index in [4.69, 9.17) is 0 Å². The maximum Gasteiger partial charge on any atom is 0.0782 e. The summed E-state index contributed by atoms with van der Waals surface area (Å²) in [4.78, 5) is 2.22. The van der Waals surface area contributed by atoms with E-state index in [1.54, 1.807) is 0 Å². The number of nitrogens with zero attached hydrogens (tertiary/aromatic N) is 1. The molecule has 0 aliphatic rings. The van der Waals surface area contributed by atoms with Gasteiger partial charge in [0.2, 0.25) is 0 Å². The number of hydrogen-bond donors (Lipinski definition) is 1. The second-order valence-electron chi connectivity index (χ2n) is 4.81. The molecule has 0 saturated carbocycles. The molecule has 100 valence electrons. The van der Waals surface area contributed by atoms with Crippen LogP contribution >= 0.6 is 0 Å². The summed E-state index contributed by atoms with van der Waals surface area (Å²) in [6.45, 7) is 6.89. The van der Waals surface area contributed by atoms with E-state index >= 15 is 0 Å². The lowest BCUT2D eigenvalue weighted by Crippen LogP contribution is -2.18. The lowest BCUT2D eigenvalue weighted by Gasteiger charge is -2.27. The van der Waals surface area contributed by atoms with Crippen LogP contribution in [0.4, 0.5) is 11.4 Å². The Balaban J connectivity index is 2.45. The Morgan fingerprint density at radius 2 is 1.68 bits per heavy atom. The van der Waals surface area contributed by atoms with E-state index < -0.39 is 6.10 Å². The van der Waals surface area contributed by atoms with Gasteiger partial charge in [0.1, 0.15) is 0 Å². The predicted octanol–water partition coefficient (Wildman–Crippen LogP) is 4.21. The standard InChI is InChI=1S/C17H21NO/c1-4-18(15-11-9-13(2)10-12-15)17-8-6-5-7-16(17)14(3)19/h5-12,14,19H,4H2,1-3H3. The van der Waals surface area contributed by atoms with Crippen LogP contribution in [-0.4, -0.2) is 11.7 Å². The zero-order valence-corrected chi connectivity index (χ0v) is 11.8. The summed E-state index contributed by atoms with van der Waals surface area (Å²) in [5.74, 6) is 0. The van der Waals surface area contributed by atoms with Crippen LogP contribution < -0.4 is 4.90 Å². The van der Waals surface area contributed by atoms with Crippen LogP contribution in [0.2, 0.25) is 0 Å². The van der Waals surface area contributed by atoms with Crippen molar-refractivity contribution in [3.63, 3.8) is 0 Å². The highest BCUT2D eigenvalue weighted by Gasteiger charge is 2.13. The lowest BCUT2D eigenvalue weighted by molar-refractivity contribution is 0.200. The number of para-hydroxylation sites is 1. The molecule has 0 saturated heterocycles. The second-order valence-corrected chi connectivity index (χ2v) is 4.81. The van der Waals surface area contributed by atoms with Crippen LogP contribution in [-0.2, 0) is 0 Å². The third-order valence-corrected chi connectivity index (χ3v) is 3.34. The number of aryl methyl sites for hydroxylation is 1. The summed E-state index contributed by atoms with van der Waals surface area (Å²) in [5, 5.41) is 9.91. The molecule has 2 nitrogen and oxygen atoms in total. The second kappa shape index (κ2) is 5.89. The third-order valence-electron chi connectivity index (χ3n) is 3.34. The first-order valence-electron chi connectivity index (χ1n) is 6.74. The van der Waals surface area contributed by atoms with Crippen LogP contribution in [0.25, 0.3) is 0 Å². The van der Waals surface area contributed by atoms with Gasteiger partial charge in [-0.05, 0) is 39.0 Å². The molecule has 1 N–H and O–H groups in total. The Kier molecular flexibility index (Phi) is 4.23. The van der Waals surface area contributed by atoms with Gasteiger partial charge in [0.15, 0.2) is 0 Å². The van der Waals surface area contributed by atoms with Crippen molar-refractivity contribution < 1.29 is 5.11 Å². The highest BCUT2D eigenvalue weighted by atomic mass is 16.3. The highest BCUT2D eigenvalue weighted by Crippen LogP contribution is 2.31. The number of aliphatic hydroxyl groups excluding tert-OH is 1. The van der Waals surface area contributed by atoms with Crippen LogP contribution in [0.3, 0.4) is 0 Å². The van der Waals surface area contributed by atoms with Crippen LogP contribution in [0.5, 0.6) is 0 Å². The van der Waals surface area contributed by atoms with Crippen molar-refractivity contribution in [3.05, 3.63) is 59.7 Å². The number of rotatable bonds is 4. The molecule has 1 unspecified atom stereocenters. The summed E-state index contributed by atoms with van der Waals surface area (Å²) in [7, 11) is 0. The Bertz CT molecular complexity index is 531. The van der Waals surface area contributed by atoms with Gasteiger partial charge < -0.3 is 10.0 Å². The average molecular weight is 255 g/mol. The fourth-order valence-electron chi connectivity index (χ4n) is 2.30. The Morgan fingerprint density at radius 1 is 1.05 bits per heavy atom. The molecule has 0 aliphatic carbocycles. The molecule has 0 radical (unpaired) electrons. The van der Waals surface area contributed by atoms with E-state index in [-0.39, 0.29) is 0 Å². The smallest absolute Gasteiger partial charge is 0.0782 e. The number of hydrogen-bond acceptors (Lipinski definition) is 2. The average Bonchev–Trinajstić information content (AvgIpc) is 2.42. The van der Waals surface area contributed by atoms with Crippen molar-refractivity contribution in [2.75, 3.05) is 11.4 Å². The normalized spacial score (nSPS) is 12.2. The van der Waals surface area contributed by atoms with Crippen molar-refractivity contribution in [2.45, 2.75) is 26.9 Å². The van der Waals surface area contributed by atoms with E-state index in [0.29, 0.717) is 0 Å². The van der Waals surface area contributed by atoms with Crippen molar-refractivity contribution in [3.8, 4) is 0 Å². The molecular weight excluding hydrogens is 234 g/mol. The monoisotopic (exact) mass is 255 g/mol. The van der Waals surface area contributed by atoms with Crippen LogP contribution in [0.1, 0.15) is 31.1 Å². The molecule has 0 amide bonds. The van der Waals surface area contributed by atoms with Gasteiger partial charge in [0, 0.05) is 23.5 Å². The summed E-state index contributed by atoms with van der Waals surface area (Å²) in [6.07, 6.45) is -0.462. The van der Waals surface area contributed by atoms with E-state index in [1.807, 2.05) is 25.1 Å². The molecule has 0 fully saturated rings. The molecule has 0 aromatic heterocycles. The first kappa shape index (κ1) is 13.6. The van der Waals surface area contributed by atoms with E-state index in [0.717, 1.165) is 23.5 Å². The summed E-state index contributed by atoms with van der Waals surface area (Å²) < 4.78 is 0. The maximum absolute atomic E-state index is 9.91. The zero-order chi connectivity index (χ0) is 13.8. The van der Waals surface area contributed by atoms with Crippen LogP contribution in [0, 0.1) is 6.92 Å². The number of aliphatic hydroxyl groups is 1. The van der Waals surface area contributed by atoms with Gasteiger partial charge in [0.05, 0.1) is 6.10 Å². The number of anilines is 2. The fraction of sp³-hybridized carbons (Fsp3) is 0.294. The van der Waals surface area contributed by atoms with Crippen molar-refractivity contribution >= 4 is 11.4 Å². The number of benzene rings is 2. The SMILES string of the molecule is CCN(c1ccc(C)cc1)c1ccccc1C(C)O. The minimum atomic E-state index is -0.462. The van der Waals surface area contributed by atoms with E-state index in [9.17, 15) is 5.11 Å². The van der Waals surface area contributed by atoms with Gasteiger partial charge in [-0.15, -0.1) is 0 Å². The molecule has 2 rings (SSSR count). The molecule has 2 aromatic carbocycles. The van der Waals surface area contributed by atoms with E-state index in [2.05, 4.69) is 49.1 Å². The molecule has 0 spiro atoms. The molecule has 2 heteroatoms. The minimum absolute atomic E-state index is 0.462. The Labute approximate surface area is 115 Å². The summed E-state index contributed by atoms with van der Waals surface area (Å²) >= 11 is 0. The van der Waals surface area contributed by atoms with Gasteiger partial charge in [0.25, 0.3) is 0 Å². The molecular formula is C17H21NO. The summed E-state index contributed by atoms with van der Waals surface area (Å²) in [5.41, 5.74) is 4.44. The van der Waals surface area contributed by atoms with Gasteiger partial charge in [-0.25, -0.2) is 0 Å². The van der Waals surface area contributed by atoms with Gasteiger partial charge in [-0.2, -0.15) is 0 Å². The molecule has 0 aliphatic heterocycles. The Hall–Kier alpha value is -1.80. The minimum Gasteiger partial charge on any atom is -0.389 e. The third kappa shape index (κ3) is 2.96.